The average Bonchev–Trinajstić information content (AvgIpc) is 2.86. The Hall–Kier alpha value is -2.78. The van der Waals surface area contributed by atoms with Crippen LogP contribution in [0.2, 0.25) is 0 Å². The summed E-state index contributed by atoms with van der Waals surface area (Å²) in [5, 5.41) is 24.3. The van der Waals surface area contributed by atoms with E-state index in [2.05, 4.69) is 35.6 Å². The van der Waals surface area contributed by atoms with Gasteiger partial charge in [-0.25, -0.2) is 0 Å². The minimum atomic E-state index is 0.0258. The zero-order chi connectivity index (χ0) is 23.8. The fourth-order valence-corrected chi connectivity index (χ4v) is 4.71. The van der Waals surface area contributed by atoms with Gasteiger partial charge in [0.2, 0.25) is 0 Å². The van der Waals surface area contributed by atoms with Gasteiger partial charge in [-0.05, 0) is 37.1 Å². The Morgan fingerprint density at radius 3 is 1.56 bits per heavy atom. The summed E-state index contributed by atoms with van der Waals surface area (Å²) in [6.07, 6.45) is 12.3. The first kappa shape index (κ1) is 25.8. The van der Waals surface area contributed by atoms with E-state index in [0.29, 0.717) is 11.5 Å². The standard InChI is InChI=1S/C31H41NO2/c33-30-22-14-12-20-28(30)27(29-21-13-15-23-31(29)34)19-11-6-4-2-1-3-5-7-16-24-32-25-26-17-9-8-10-18-26/h8-10,12-15,17-18,20-23,27,32-34H,1-7,11,16,19,24-25H2. The van der Waals surface area contributed by atoms with Gasteiger partial charge in [-0.15, -0.1) is 0 Å². The first-order chi connectivity index (χ1) is 16.8. The molecule has 182 valence electrons. The smallest absolute Gasteiger partial charge is 0.119 e. The second-order valence-corrected chi connectivity index (χ2v) is 9.30. The Labute approximate surface area is 205 Å². The van der Waals surface area contributed by atoms with E-state index in [-0.39, 0.29) is 5.92 Å². The monoisotopic (exact) mass is 459 g/mol. The molecule has 3 aromatic carbocycles. The number of aromatic hydroxyl groups is 2. The van der Waals surface area contributed by atoms with E-state index >= 15 is 0 Å². The van der Waals surface area contributed by atoms with Crippen molar-refractivity contribution in [1.29, 1.82) is 0 Å². The molecule has 3 nitrogen and oxygen atoms in total. The van der Waals surface area contributed by atoms with Crippen molar-refractivity contribution in [2.75, 3.05) is 6.54 Å². The summed E-state index contributed by atoms with van der Waals surface area (Å²) in [6, 6.07) is 25.6. The number of benzene rings is 3. The molecule has 0 aliphatic carbocycles. The summed E-state index contributed by atoms with van der Waals surface area (Å²) in [7, 11) is 0. The van der Waals surface area contributed by atoms with Gasteiger partial charge in [0.05, 0.1) is 0 Å². The normalized spacial score (nSPS) is 11.2. The van der Waals surface area contributed by atoms with Gasteiger partial charge in [-0.3, -0.25) is 0 Å². The SMILES string of the molecule is Oc1ccccc1C(CCCCCCCCCCCNCc1ccccc1)c1ccccc1O. The molecular weight excluding hydrogens is 418 g/mol. The number of unbranched alkanes of at least 4 members (excludes halogenated alkanes) is 8. The van der Waals surface area contributed by atoms with Crippen LogP contribution in [-0.2, 0) is 6.54 Å². The molecule has 0 aliphatic rings. The molecular formula is C31H41NO2. The third-order valence-corrected chi connectivity index (χ3v) is 6.64. The van der Waals surface area contributed by atoms with Crippen molar-refractivity contribution in [1.82, 2.24) is 5.32 Å². The maximum absolute atomic E-state index is 10.4. The molecule has 0 saturated heterocycles. The molecule has 0 bridgehead atoms. The molecule has 0 atom stereocenters. The van der Waals surface area contributed by atoms with E-state index in [1.165, 1.54) is 56.9 Å². The van der Waals surface area contributed by atoms with Gasteiger partial charge in [-0.2, -0.15) is 0 Å². The molecule has 3 rings (SSSR count). The van der Waals surface area contributed by atoms with Crippen LogP contribution >= 0.6 is 0 Å². The van der Waals surface area contributed by atoms with Gasteiger partial charge in [-0.1, -0.05) is 118 Å². The zero-order valence-electron chi connectivity index (χ0n) is 20.5. The Morgan fingerprint density at radius 1 is 0.529 bits per heavy atom. The fraction of sp³-hybridized carbons (Fsp3) is 0.419. The van der Waals surface area contributed by atoms with Gasteiger partial charge in [0.15, 0.2) is 0 Å². The van der Waals surface area contributed by atoms with Crippen LogP contribution in [0.25, 0.3) is 0 Å². The Balaban J connectivity index is 1.26. The van der Waals surface area contributed by atoms with Crippen LogP contribution in [0.5, 0.6) is 11.5 Å². The maximum atomic E-state index is 10.4. The van der Waals surface area contributed by atoms with E-state index in [4.69, 9.17) is 0 Å². The summed E-state index contributed by atoms with van der Waals surface area (Å²) in [5.41, 5.74) is 3.17. The first-order valence-electron chi connectivity index (χ1n) is 13.1. The number of nitrogens with one attached hydrogen (secondary N) is 1. The Bertz CT molecular complexity index is 895. The van der Waals surface area contributed by atoms with E-state index in [1.54, 1.807) is 12.1 Å². The summed E-state index contributed by atoms with van der Waals surface area (Å²) in [6.45, 7) is 2.07. The van der Waals surface area contributed by atoms with E-state index in [9.17, 15) is 10.2 Å². The van der Waals surface area contributed by atoms with Crippen molar-refractivity contribution in [2.24, 2.45) is 0 Å². The van der Waals surface area contributed by atoms with Crippen molar-refractivity contribution in [3.8, 4) is 11.5 Å². The second-order valence-electron chi connectivity index (χ2n) is 9.30. The quantitative estimate of drug-likeness (QED) is 0.191. The highest BCUT2D eigenvalue weighted by Crippen LogP contribution is 2.38. The van der Waals surface area contributed by atoms with Crippen LogP contribution in [-0.4, -0.2) is 16.8 Å². The molecule has 3 heteroatoms. The lowest BCUT2D eigenvalue weighted by molar-refractivity contribution is 0.447. The van der Waals surface area contributed by atoms with Crippen molar-refractivity contribution in [3.63, 3.8) is 0 Å². The number of para-hydroxylation sites is 2. The lowest BCUT2D eigenvalue weighted by atomic mass is 9.85. The highest BCUT2D eigenvalue weighted by atomic mass is 16.3. The number of phenolic OH excluding ortho intramolecular Hbond substituents is 2. The molecule has 0 aromatic heterocycles. The second kappa shape index (κ2) is 15.2. The molecule has 0 aliphatic heterocycles. The molecule has 0 spiro atoms. The summed E-state index contributed by atoms with van der Waals surface area (Å²) in [5.74, 6) is 0.648. The predicted molar refractivity (Wildman–Crippen MR) is 142 cm³/mol. The van der Waals surface area contributed by atoms with Gasteiger partial charge < -0.3 is 15.5 Å². The molecule has 34 heavy (non-hydrogen) atoms. The van der Waals surface area contributed by atoms with Gasteiger partial charge in [0.25, 0.3) is 0 Å². The highest BCUT2D eigenvalue weighted by molar-refractivity contribution is 5.45. The number of rotatable bonds is 16. The zero-order valence-corrected chi connectivity index (χ0v) is 20.5. The highest BCUT2D eigenvalue weighted by Gasteiger charge is 2.19. The number of hydrogen-bond acceptors (Lipinski definition) is 3. The van der Waals surface area contributed by atoms with E-state index in [1.807, 2.05) is 36.4 Å². The van der Waals surface area contributed by atoms with Gasteiger partial charge in [0, 0.05) is 23.6 Å². The average molecular weight is 460 g/mol. The van der Waals surface area contributed by atoms with Crippen LogP contribution in [0, 0.1) is 0 Å². The summed E-state index contributed by atoms with van der Waals surface area (Å²) in [4.78, 5) is 0. The molecule has 0 unspecified atom stereocenters. The molecule has 3 N–H and O–H groups in total. The van der Waals surface area contributed by atoms with Crippen LogP contribution in [0.3, 0.4) is 0 Å². The topological polar surface area (TPSA) is 52.5 Å². The van der Waals surface area contributed by atoms with Crippen molar-refractivity contribution < 1.29 is 10.2 Å². The van der Waals surface area contributed by atoms with Crippen LogP contribution < -0.4 is 5.32 Å². The molecule has 0 radical (unpaired) electrons. The van der Waals surface area contributed by atoms with Crippen LogP contribution in [0.4, 0.5) is 0 Å². The maximum Gasteiger partial charge on any atom is 0.119 e. The van der Waals surface area contributed by atoms with E-state index < -0.39 is 0 Å². The Kier molecular flexibility index (Phi) is 11.5. The molecule has 0 fully saturated rings. The molecule has 0 amide bonds. The van der Waals surface area contributed by atoms with Crippen LogP contribution in [0.1, 0.15) is 86.8 Å². The lowest BCUT2D eigenvalue weighted by Crippen LogP contribution is -2.14. The summed E-state index contributed by atoms with van der Waals surface area (Å²) >= 11 is 0. The van der Waals surface area contributed by atoms with Crippen molar-refractivity contribution >= 4 is 0 Å². The predicted octanol–water partition coefficient (Wildman–Crippen LogP) is 7.92. The van der Waals surface area contributed by atoms with Crippen molar-refractivity contribution in [2.45, 2.75) is 76.7 Å². The molecule has 0 heterocycles. The minimum Gasteiger partial charge on any atom is -0.508 e. The largest absolute Gasteiger partial charge is 0.508 e. The van der Waals surface area contributed by atoms with E-state index in [0.717, 1.165) is 37.1 Å². The first-order valence-corrected chi connectivity index (χ1v) is 13.1. The Morgan fingerprint density at radius 2 is 1.00 bits per heavy atom. The molecule has 0 saturated carbocycles. The third kappa shape index (κ3) is 8.87. The number of phenols is 2. The minimum absolute atomic E-state index is 0.0258. The number of hydrogen-bond donors (Lipinski definition) is 3. The summed E-state index contributed by atoms with van der Waals surface area (Å²) < 4.78 is 0. The fourth-order valence-electron chi connectivity index (χ4n) is 4.71. The van der Waals surface area contributed by atoms with Crippen LogP contribution in [0.15, 0.2) is 78.9 Å². The lowest BCUT2D eigenvalue weighted by Gasteiger charge is -2.20. The van der Waals surface area contributed by atoms with Gasteiger partial charge in [0.1, 0.15) is 11.5 Å². The third-order valence-electron chi connectivity index (χ3n) is 6.64. The van der Waals surface area contributed by atoms with Gasteiger partial charge >= 0.3 is 0 Å². The molecule has 3 aromatic rings. The van der Waals surface area contributed by atoms with Crippen molar-refractivity contribution in [3.05, 3.63) is 95.6 Å².